The summed E-state index contributed by atoms with van der Waals surface area (Å²) < 4.78 is 11.8. The summed E-state index contributed by atoms with van der Waals surface area (Å²) in [6.45, 7) is 5.51. The van der Waals surface area contributed by atoms with Crippen LogP contribution in [0.2, 0.25) is 0 Å². The minimum absolute atomic E-state index is 0.207. The van der Waals surface area contributed by atoms with Gasteiger partial charge in [0.05, 0.1) is 32.4 Å². The van der Waals surface area contributed by atoms with E-state index in [2.05, 4.69) is 41.3 Å². The van der Waals surface area contributed by atoms with Gasteiger partial charge in [0, 0.05) is 36.9 Å². The average molecular weight is 638 g/mol. The summed E-state index contributed by atoms with van der Waals surface area (Å²) in [4.78, 5) is 49.8. The molecule has 10 nitrogen and oxygen atoms in total. The molecule has 2 heterocycles. The van der Waals surface area contributed by atoms with E-state index in [1.54, 1.807) is 42.5 Å². The number of hydrogen-bond acceptors (Lipinski definition) is 6. The van der Waals surface area contributed by atoms with E-state index in [1.165, 1.54) is 6.33 Å². The second-order valence-corrected chi connectivity index (χ2v) is 12.1. The zero-order valence-electron chi connectivity index (χ0n) is 27.2. The predicted octanol–water partition coefficient (Wildman–Crippen LogP) is 4.43. The molecule has 1 saturated heterocycles. The number of rotatable bonds is 15. The second kappa shape index (κ2) is 15.1. The molecule has 1 aliphatic rings. The first kappa shape index (κ1) is 33.4. The largest absolute Gasteiger partial charge is 0.497 e. The Morgan fingerprint density at radius 3 is 2.40 bits per heavy atom. The highest BCUT2D eigenvalue weighted by atomic mass is 16.5. The van der Waals surface area contributed by atoms with E-state index in [1.807, 2.05) is 36.4 Å². The summed E-state index contributed by atoms with van der Waals surface area (Å²) in [6, 6.07) is 21.5. The van der Waals surface area contributed by atoms with Crippen LogP contribution in [0.3, 0.4) is 0 Å². The number of imidazole rings is 1. The summed E-state index contributed by atoms with van der Waals surface area (Å²) in [6.07, 6.45) is 5.58. The van der Waals surface area contributed by atoms with Crippen molar-refractivity contribution in [3.8, 4) is 5.75 Å². The van der Waals surface area contributed by atoms with Gasteiger partial charge >= 0.3 is 0 Å². The Morgan fingerprint density at radius 2 is 1.74 bits per heavy atom. The number of ether oxygens (including phenoxy) is 2. The molecule has 4 N–H and O–H groups in total. The molecule has 0 aliphatic carbocycles. The maximum Gasteiger partial charge on any atom is 0.249 e. The van der Waals surface area contributed by atoms with Gasteiger partial charge in [-0.15, -0.1) is 0 Å². The number of aromatic nitrogens is 2. The van der Waals surface area contributed by atoms with Gasteiger partial charge in [0.25, 0.3) is 0 Å². The van der Waals surface area contributed by atoms with E-state index >= 15 is 0 Å². The molecule has 0 bridgehead atoms. The first-order valence-corrected chi connectivity index (χ1v) is 16.0. The monoisotopic (exact) mass is 637 g/mol. The summed E-state index contributed by atoms with van der Waals surface area (Å²) in [7, 11) is 1.60. The lowest BCUT2D eigenvalue weighted by Crippen LogP contribution is -2.66. The number of unbranched alkanes of at least 4 members (excludes halogenated alkanes) is 1. The van der Waals surface area contributed by atoms with Crippen LogP contribution >= 0.6 is 0 Å². The Morgan fingerprint density at radius 1 is 1.02 bits per heavy atom. The molecule has 3 aromatic carbocycles. The van der Waals surface area contributed by atoms with E-state index in [0.29, 0.717) is 36.7 Å². The first-order valence-electron chi connectivity index (χ1n) is 16.0. The van der Waals surface area contributed by atoms with Crippen LogP contribution in [0, 0.1) is 6.92 Å². The van der Waals surface area contributed by atoms with Gasteiger partial charge in [-0.05, 0) is 53.8 Å². The summed E-state index contributed by atoms with van der Waals surface area (Å²) in [5, 5.41) is 3.06. The third kappa shape index (κ3) is 7.72. The van der Waals surface area contributed by atoms with Gasteiger partial charge in [-0.25, -0.2) is 4.98 Å². The SMILES string of the molecule is CCCCOC1(c2ccccc2C)CN(C(=O)[C@H](Cc2ccc(OC)cc2)NC(=O)[C@@H](Cc2cnc[nH]2)c2ccccc2C(N)=O)C1. The van der Waals surface area contributed by atoms with Gasteiger partial charge in [-0.1, -0.05) is 67.9 Å². The summed E-state index contributed by atoms with van der Waals surface area (Å²) >= 11 is 0. The molecule has 0 radical (unpaired) electrons. The number of carbonyl (C=O) groups excluding carboxylic acids is 3. The van der Waals surface area contributed by atoms with Crippen molar-refractivity contribution in [3.05, 3.63) is 119 Å². The fraction of sp³-hybridized carbons (Fsp3) is 0.351. The Hall–Kier alpha value is -4.96. The van der Waals surface area contributed by atoms with E-state index in [-0.39, 0.29) is 24.3 Å². The smallest absolute Gasteiger partial charge is 0.249 e. The Kier molecular flexibility index (Phi) is 10.7. The fourth-order valence-corrected chi connectivity index (χ4v) is 6.24. The van der Waals surface area contributed by atoms with Crippen LogP contribution in [0.5, 0.6) is 5.75 Å². The van der Waals surface area contributed by atoms with E-state index in [4.69, 9.17) is 15.2 Å². The lowest BCUT2D eigenvalue weighted by Gasteiger charge is -2.51. The zero-order chi connectivity index (χ0) is 33.4. The lowest BCUT2D eigenvalue weighted by atomic mass is 9.82. The normalized spacial score (nSPS) is 14.9. The quantitative estimate of drug-likeness (QED) is 0.165. The van der Waals surface area contributed by atoms with Gasteiger partial charge in [-0.3, -0.25) is 14.4 Å². The minimum atomic E-state index is -0.883. The van der Waals surface area contributed by atoms with Gasteiger partial charge < -0.3 is 30.4 Å². The summed E-state index contributed by atoms with van der Waals surface area (Å²) in [5.41, 5.74) is 9.57. The second-order valence-electron chi connectivity index (χ2n) is 12.1. The lowest BCUT2D eigenvalue weighted by molar-refractivity contribution is -0.175. The van der Waals surface area contributed by atoms with Crippen LogP contribution in [-0.4, -0.2) is 65.4 Å². The molecule has 1 fully saturated rings. The third-order valence-electron chi connectivity index (χ3n) is 8.83. The number of aromatic amines is 1. The van der Waals surface area contributed by atoms with Crippen molar-refractivity contribution in [2.45, 2.75) is 57.1 Å². The molecule has 2 atom stereocenters. The molecule has 0 saturated carbocycles. The molecule has 47 heavy (non-hydrogen) atoms. The highest BCUT2D eigenvalue weighted by molar-refractivity contribution is 5.98. The first-order chi connectivity index (χ1) is 22.7. The van der Waals surface area contributed by atoms with Gasteiger partial charge in [0.2, 0.25) is 17.7 Å². The fourth-order valence-electron chi connectivity index (χ4n) is 6.24. The molecule has 246 valence electrons. The minimum Gasteiger partial charge on any atom is -0.497 e. The molecule has 1 aromatic heterocycles. The summed E-state index contributed by atoms with van der Waals surface area (Å²) in [5.74, 6) is -1.36. The van der Waals surface area contributed by atoms with Crippen LogP contribution in [0.15, 0.2) is 85.3 Å². The van der Waals surface area contributed by atoms with Gasteiger partial charge in [-0.2, -0.15) is 0 Å². The number of H-pyrrole nitrogens is 1. The highest BCUT2D eigenvalue weighted by Crippen LogP contribution is 2.38. The topological polar surface area (TPSA) is 140 Å². The van der Waals surface area contributed by atoms with E-state index < -0.39 is 29.4 Å². The number of amides is 3. The third-order valence-corrected chi connectivity index (χ3v) is 8.83. The van der Waals surface area contributed by atoms with Crippen molar-refractivity contribution in [1.29, 1.82) is 0 Å². The number of likely N-dealkylation sites (tertiary alicyclic amines) is 1. The molecule has 0 spiro atoms. The molecule has 1 aliphatic heterocycles. The highest BCUT2D eigenvalue weighted by Gasteiger charge is 2.49. The van der Waals surface area contributed by atoms with Crippen LogP contribution in [-0.2, 0) is 32.8 Å². The average Bonchev–Trinajstić information content (AvgIpc) is 3.58. The Bertz CT molecular complexity index is 1660. The van der Waals surface area contributed by atoms with Crippen molar-refractivity contribution in [3.63, 3.8) is 0 Å². The van der Waals surface area contributed by atoms with Crippen molar-refractivity contribution in [2.24, 2.45) is 5.73 Å². The van der Waals surface area contributed by atoms with Gasteiger partial charge in [0.15, 0.2) is 0 Å². The van der Waals surface area contributed by atoms with Crippen molar-refractivity contribution in [1.82, 2.24) is 20.2 Å². The number of nitrogens with two attached hydrogens (primary N) is 1. The number of methoxy groups -OCH3 is 1. The van der Waals surface area contributed by atoms with Gasteiger partial charge in [0.1, 0.15) is 17.4 Å². The number of aryl methyl sites for hydroxylation is 1. The van der Waals surface area contributed by atoms with Crippen LogP contribution in [0.1, 0.15) is 64.0 Å². The zero-order valence-corrected chi connectivity index (χ0v) is 27.2. The molecule has 4 aromatic rings. The number of carbonyl (C=O) groups is 3. The Balaban J connectivity index is 1.44. The van der Waals surface area contributed by atoms with E-state index in [9.17, 15) is 14.4 Å². The van der Waals surface area contributed by atoms with Crippen molar-refractivity contribution in [2.75, 3.05) is 26.8 Å². The number of benzene rings is 3. The van der Waals surface area contributed by atoms with Crippen LogP contribution < -0.4 is 15.8 Å². The molecule has 10 heteroatoms. The Labute approximate surface area is 275 Å². The number of nitrogens with one attached hydrogen (secondary N) is 2. The maximum atomic E-state index is 14.3. The standard InChI is InChI=1S/C37H43N5O5/c1-4-5-18-47-37(32-13-9-6-10-25(32)2)22-42(23-37)36(45)33(19-26-14-16-28(46-3)17-15-26)41-35(44)31(20-27-21-39-24-40-27)29-11-7-8-12-30(29)34(38)43/h6-17,21,24,31,33H,4-5,18-20,22-23H2,1-3H3,(H2,38,43)(H,39,40)(H,41,44)/t31-,33-/m0/s1. The number of nitrogens with zero attached hydrogens (tertiary/aromatic N) is 2. The van der Waals surface area contributed by atoms with Crippen molar-refractivity contribution >= 4 is 17.7 Å². The molecular weight excluding hydrogens is 594 g/mol. The number of primary amides is 1. The molecule has 0 unspecified atom stereocenters. The maximum absolute atomic E-state index is 14.3. The molecule has 5 rings (SSSR count). The number of hydrogen-bond donors (Lipinski definition) is 3. The van der Waals surface area contributed by atoms with E-state index in [0.717, 1.165) is 29.5 Å². The van der Waals surface area contributed by atoms with Crippen molar-refractivity contribution < 1.29 is 23.9 Å². The van der Waals surface area contributed by atoms with Crippen LogP contribution in [0.4, 0.5) is 0 Å². The molecular formula is C37H43N5O5. The van der Waals surface area contributed by atoms with Crippen LogP contribution in [0.25, 0.3) is 0 Å². The predicted molar refractivity (Wildman–Crippen MR) is 179 cm³/mol. The molecule has 3 amide bonds.